The molecule has 2 aliphatic heterocycles. The van der Waals surface area contributed by atoms with E-state index >= 15 is 0 Å². The topological polar surface area (TPSA) is 67.9 Å². The first kappa shape index (κ1) is 17.6. The minimum absolute atomic E-state index is 0.0900. The van der Waals surface area contributed by atoms with Gasteiger partial charge in [-0.15, -0.1) is 0 Å². The first-order valence-electron chi connectivity index (χ1n) is 8.58. The molecule has 2 heterocycles. The molecule has 1 N–H and O–H groups in total. The standard InChI is InChI=1S/C20H17ClN2O4/c21-15-4-2-1-3-13(15)12-18-19(24)22-16-11-14(5-6-17(16)27-18)20(25)23-7-9-26-10-8-23/h1-6,11-12H,7-10H2,(H,22,24)/b18-12-. The lowest BCUT2D eigenvalue weighted by Gasteiger charge is -2.27. The molecule has 1 saturated heterocycles. The van der Waals surface area contributed by atoms with Gasteiger partial charge in [0.05, 0.1) is 18.9 Å². The van der Waals surface area contributed by atoms with Crippen LogP contribution in [0.3, 0.4) is 0 Å². The van der Waals surface area contributed by atoms with Crippen molar-refractivity contribution in [1.82, 2.24) is 4.90 Å². The summed E-state index contributed by atoms with van der Waals surface area (Å²) in [5.74, 6) is 0.139. The van der Waals surface area contributed by atoms with Crippen molar-refractivity contribution in [3.8, 4) is 5.75 Å². The highest BCUT2D eigenvalue weighted by Crippen LogP contribution is 2.33. The Kier molecular flexibility index (Phi) is 4.83. The van der Waals surface area contributed by atoms with Crippen LogP contribution in [0.25, 0.3) is 6.08 Å². The molecule has 2 aromatic carbocycles. The monoisotopic (exact) mass is 384 g/mol. The summed E-state index contributed by atoms with van der Waals surface area (Å²) in [6.45, 7) is 2.19. The van der Waals surface area contributed by atoms with Crippen molar-refractivity contribution in [2.45, 2.75) is 0 Å². The fourth-order valence-electron chi connectivity index (χ4n) is 2.98. The van der Waals surface area contributed by atoms with E-state index in [2.05, 4.69) is 5.32 Å². The maximum atomic E-state index is 12.6. The Bertz CT molecular complexity index is 935. The summed E-state index contributed by atoms with van der Waals surface area (Å²) in [5.41, 5.74) is 1.65. The van der Waals surface area contributed by atoms with Gasteiger partial charge in [-0.3, -0.25) is 9.59 Å². The van der Waals surface area contributed by atoms with E-state index in [-0.39, 0.29) is 11.7 Å². The van der Waals surface area contributed by atoms with E-state index in [1.54, 1.807) is 41.3 Å². The highest BCUT2D eigenvalue weighted by Gasteiger charge is 2.25. The Labute approximate surface area is 161 Å². The number of benzene rings is 2. The highest BCUT2D eigenvalue weighted by atomic mass is 35.5. The summed E-state index contributed by atoms with van der Waals surface area (Å²) in [7, 11) is 0. The van der Waals surface area contributed by atoms with Gasteiger partial charge in [0, 0.05) is 23.7 Å². The summed E-state index contributed by atoms with van der Waals surface area (Å²) >= 11 is 6.14. The van der Waals surface area contributed by atoms with Crippen LogP contribution in [0.2, 0.25) is 5.02 Å². The van der Waals surface area contributed by atoms with Gasteiger partial charge >= 0.3 is 0 Å². The molecule has 1 fully saturated rings. The number of halogens is 1. The van der Waals surface area contributed by atoms with Crippen LogP contribution >= 0.6 is 11.6 Å². The summed E-state index contributed by atoms with van der Waals surface area (Å²) in [5, 5.41) is 3.30. The second kappa shape index (κ2) is 7.42. The van der Waals surface area contributed by atoms with Crippen LogP contribution in [0.4, 0.5) is 5.69 Å². The number of nitrogens with one attached hydrogen (secondary N) is 1. The molecule has 4 rings (SSSR count). The van der Waals surface area contributed by atoms with Gasteiger partial charge in [-0.05, 0) is 35.9 Å². The van der Waals surface area contributed by atoms with Gasteiger partial charge < -0.3 is 19.7 Å². The van der Waals surface area contributed by atoms with Gasteiger partial charge in [0.15, 0.2) is 11.5 Å². The minimum Gasteiger partial charge on any atom is -0.449 e. The van der Waals surface area contributed by atoms with Crippen molar-refractivity contribution in [3.63, 3.8) is 0 Å². The number of hydrogen-bond acceptors (Lipinski definition) is 4. The molecule has 0 unspecified atom stereocenters. The molecule has 0 bridgehead atoms. The van der Waals surface area contributed by atoms with Gasteiger partial charge in [0.2, 0.25) is 0 Å². The Morgan fingerprint density at radius 2 is 1.93 bits per heavy atom. The Morgan fingerprint density at radius 1 is 1.15 bits per heavy atom. The molecule has 0 radical (unpaired) electrons. The first-order chi connectivity index (χ1) is 13.1. The fourth-order valence-corrected chi connectivity index (χ4v) is 3.17. The number of fused-ring (bicyclic) bond motifs is 1. The molecule has 0 aliphatic carbocycles. The maximum Gasteiger partial charge on any atom is 0.291 e. The summed E-state index contributed by atoms with van der Waals surface area (Å²) in [4.78, 5) is 26.7. The molecular weight excluding hydrogens is 368 g/mol. The zero-order chi connectivity index (χ0) is 18.8. The van der Waals surface area contributed by atoms with E-state index in [1.807, 2.05) is 12.1 Å². The van der Waals surface area contributed by atoms with E-state index in [0.717, 1.165) is 0 Å². The third-order valence-corrected chi connectivity index (χ3v) is 4.75. The molecule has 0 atom stereocenters. The number of carbonyl (C=O) groups is 2. The zero-order valence-corrected chi connectivity index (χ0v) is 15.2. The highest BCUT2D eigenvalue weighted by molar-refractivity contribution is 6.32. The van der Waals surface area contributed by atoms with Crippen LogP contribution in [-0.2, 0) is 9.53 Å². The molecule has 0 saturated carbocycles. The van der Waals surface area contributed by atoms with Gasteiger partial charge in [-0.1, -0.05) is 29.8 Å². The van der Waals surface area contributed by atoms with Crippen molar-refractivity contribution in [2.75, 3.05) is 31.6 Å². The molecule has 2 aromatic rings. The molecule has 2 amide bonds. The second-order valence-electron chi connectivity index (χ2n) is 6.20. The molecular formula is C20H17ClN2O4. The number of ether oxygens (including phenoxy) is 2. The SMILES string of the molecule is O=C1Nc2cc(C(=O)N3CCOCC3)ccc2O/C1=C\c1ccccc1Cl. The van der Waals surface area contributed by atoms with Crippen LogP contribution < -0.4 is 10.1 Å². The van der Waals surface area contributed by atoms with Crippen LogP contribution in [0, 0.1) is 0 Å². The zero-order valence-electron chi connectivity index (χ0n) is 14.4. The van der Waals surface area contributed by atoms with E-state index in [4.69, 9.17) is 21.1 Å². The Morgan fingerprint density at radius 3 is 2.70 bits per heavy atom. The predicted molar refractivity (Wildman–Crippen MR) is 102 cm³/mol. The second-order valence-corrected chi connectivity index (χ2v) is 6.61. The van der Waals surface area contributed by atoms with Crippen LogP contribution in [-0.4, -0.2) is 43.0 Å². The average Bonchev–Trinajstić information content (AvgIpc) is 2.70. The summed E-state index contributed by atoms with van der Waals surface area (Å²) < 4.78 is 11.0. The van der Waals surface area contributed by atoms with Gasteiger partial charge in [-0.2, -0.15) is 0 Å². The fraction of sp³-hybridized carbons (Fsp3) is 0.200. The van der Waals surface area contributed by atoms with Gasteiger partial charge in [0.25, 0.3) is 11.8 Å². The number of rotatable bonds is 2. The largest absolute Gasteiger partial charge is 0.449 e. The van der Waals surface area contributed by atoms with Gasteiger partial charge in [-0.25, -0.2) is 0 Å². The maximum absolute atomic E-state index is 12.6. The normalized spacial score (nSPS) is 17.9. The van der Waals surface area contributed by atoms with Crippen molar-refractivity contribution in [1.29, 1.82) is 0 Å². The predicted octanol–water partition coefficient (Wildman–Crippen LogP) is 3.18. The van der Waals surface area contributed by atoms with Crippen LogP contribution in [0.15, 0.2) is 48.2 Å². The van der Waals surface area contributed by atoms with Crippen molar-refractivity contribution in [3.05, 3.63) is 64.4 Å². The molecule has 7 heteroatoms. The molecule has 138 valence electrons. The van der Waals surface area contributed by atoms with Crippen molar-refractivity contribution < 1.29 is 19.1 Å². The molecule has 27 heavy (non-hydrogen) atoms. The summed E-state index contributed by atoms with van der Waals surface area (Å²) in [6.07, 6.45) is 1.59. The third-order valence-electron chi connectivity index (χ3n) is 4.41. The smallest absolute Gasteiger partial charge is 0.291 e. The Balaban J connectivity index is 1.58. The number of hydrogen-bond donors (Lipinski definition) is 1. The lowest BCUT2D eigenvalue weighted by atomic mass is 10.1. The van der Waals surface area contributed by atoms with Crippen LogP contribution in [0.5, 0.6) is 5.75 Å². The minimum atomic E-state index is -0.390. The van der Waals surface area contributed by atoms with E-state index in [0.29, 0.717) is 53.9 Å². The molecule has 0 aromatic heterocycles. The number of carbonyl (C=O) groups excluding carboxylic acids is 2. The quantitative estimate of drug-likeness (QED) is 0.807. The van der Waals surface area contributed by atoms with E-state index in [9.17, 15) is 9.59 Å². The van der Waals surface area contributed by atoms with Crippen molar-refractivity contribution in [2.24, 2.45) is 0 Å². The number of nitrogens with zero attached hydrogens (tertiary/aromatic N) is 1. The van der Waals surface area contributed by atoms with E-state index in [1.165, 1.54) is 0 Å². The van der Waals surface area contributed by atoms with Crippen molar-refractivity contribution >= 4 is 35.2 Å². The van der Waals surface area contributed by atoms with E-state index < -0.39 is 5.91 Å². The number of anilines is 1. The average molecular weight is 385 g/mol. The molecule has 2 aliphatic rings. The third kappa shape index (κ3) is 3.67. The number of amides is 2. The van der Waals surface area contributed by atoms with Crippen LogP contribution in [0.1, 0.15) is 15.9 Å². The lowest BCUT2D eigenvalue weighted by molar-refractivity contribution is -0.115. The summed E-state index contributed by atoms with van der Waals surface area (Å²) in [6, 6.07) is 12.2. The Hall–Kier alpha value is -2.83. The molecule has 6 nitrogen and oxygen atoms in total. The number of morpholine rings is 1. The first-order valence-corrected chi connectivity index (χ1v) is 8.96. The lowest BCUT2D eigenvalue weighted by Crippen LogP contribution is -2.40. The molecule has 0 spiro atoms. The van der Waals surface area contributed by atoms with Gasteiger partial charge in [0.1, 0.15) is 0 Å².